The standard InChI is InChI=1S/C51H79NO11/c1-30-16-12-11-13-17-31(2)44(61-10)28-40-21-19-37(8)51(60,63-40)48(57)49(58)52-23-15-14-18-41(52)50(59)62-45(34(5)27-39-20-22-42(53)33(4)26-39)29-43(54)32(3)25-36(7)47(56)38(9)46(55)35(6)24-30/h11-13,16-17,25,30,32-35,37-42,44-45,47,53,56,60H,14-15,18-24,26-29H2,1-10H3/b13-11+,16-12+,31-17+,36-25+/t30-,32-,33-,34?,35-,37-,38+,39-,40?,41+,42-,44+,45+,47-,51-/m1/s1. The molecule has 0 aromatic carbocycles. The van der Waals surface area contributed by atoms with Crippen molar-refractivity contribution in [3.05, 3.63) is 47.6 Å². The fourth-order valence-electron chi connectivity index (χ4n) is 10.2. The lowest BCUT2D eigenvalue weighted by atomic mass is 9.75. The molecule has 2 unspecified atom stereocenters. The first-order valence-electron chi connectivity index (χ1n) is 23.8. The van der Waals surface area contributed by atoms with Crippen molar-refractivity contribution < 1.29 is 53.5 Å². The van der Waals surface area contributed by atoms with E-state index in [1.165, 1.54) is 4.90 Å². The maximum atomic E-state index is 14.3. The molecule has 15 atom stereocenters. The fourth-order valence-corrected chi connectivity index (χ4v) is 10.2. The number of aliphatic hydroxyl groups excluding tert-OH is 2. The zero-order valence-electron chi connectivity index (χ0n) is 39.8. The van der Waals surface area contributed by atoms with Crippen LogP contribution in [0.4, 0.5) is 0 Å². The van der Waals surface area contributed by atoms with E-state index in [2.05, 4.69) is 0 Å². The number of carbonyl (C=O) groups is 5. The van der Waals surface area contributed by atoms with Gasteiger partial charge in [-0.2, -0.15) is 0 Å². The van der Waals surface area contributed by atoms with Crippen LogP contribution in [-0.4, -0.2) is 105 Å². The number of methoxy groups -OCH3 is 1. The minimum absolute atomic E-state index is 0.0599. The Bertz CT molecular complexity index is 1720. The van der Waals surface area contributed by atoms with Gasteiger partial charge in [0.2, 0.25) is 5.79 Å². The van der Waals surface area contributed by atoms with Crippen molar-refractivity contribution in [2.45, 2.75) is 182 Å². The Labute approximate surface area is 376 Å². The molecular weight excluding hydrogens is 803 g/mol. The number of hydrogen-bond donors (Lipinski definition) is 3. The minimum atomic E-state index is -2.41. The number of cyclic esters (lactones) is 1. The summed E-state index contributed by atoms with van der Waals surface area (Å²) in [5.41, 5.74) is 1.40. The maximum absolute atomic E-state index is 14.3. The Balaban J connectivity index is 1.68. The molecule has 12 nitrogen and oxygen atoms in total. The zero-order chi connectivity index (χ0) is 46.8. The quantitative estimate of drug-likeness (QED) is 0.146. The van der Waals surface area contributed by atoms with Crippen LogP contribution in [0.5, 0.6) is 0 Å². The van der Waals surface area contributed by atoms with E-state index in [-0.39, 0.29) is 66.6 Å². The summed E-state index contributed by atoms with van der Waals surface area (Å²) in [4.78, 5) is 71.5. The van der Waals surface area contributed by atoms with Crippen molar-refractivity contribution in [1.29, 1.82) is 0 Å². The molecule has 2 saturated heterocycles. The van der Waals surface area contributed by atoms with Crippen LogP contribution in [0.15, 0.2) is 47.6 Å². The van der Waals surface area contributed by atoms with Crippen molar-refractivity contribution >= 4 is 29.2 Å². The third-order valence-electron chi connectivity index (χ3n) is 14.6. The highest BCUT2D eigenvalue weighted by Crippen LogP contribution is 2.38. The number of amides is 1. The molecular formula is C51H79NO11. The van der Waals surface area contributed by atoms with Crippen molar-refractivity contribution in [1.82, 2.24) is 4.90 Å². The second-order valence-corrected chi connectivity index (χ2v) is 19.9. The number of rotatable bonds is 4. The van der Waals surface area contributed by atoms with Crippen LogP contribution in [0.25, 0.3) is 0 Å². The highest BCUT2D eigenvalue weighted by Gasteiger charge is 2.53. The molecule has 0 aromatic heterocycles. The molecule has 0 radical (unpaired) electrons. The largest absolute Gasteiger partial charge is 0.460 e. The van der Waals surface area contributed by atoms with Crippen molar-refractivity contribution in [3.63, 3.8) is 0 Å². The van der Waals surface area contributed by atoms with E-state index < -0.39 is 71.7 Å². The van der Waals surface area contributed by atoms with E-state index in [1.807, 2.05) is 65.0 Å². The van der Waals surface area contributed by atoms with Crippen molar-refractivity contribution in [2.75, 3.05) is 13.7 Å². The van der Waals surface area contributed by atoms with Crippen LogP contribution in [0.3, 0.4) is 0 Å². The first-order chi connectivity index (χ1) is 29.7. The van der Waals surface area contributed by atoms with Gasteiger partial charge in [0.15, 0.2) is 0 Å². The Morgan fingerprint density at radius 2 is 1.59 bits per heavy atom. The monoisotopic (exact) mass is 882 g/mol. The molecule has 1 aliphatic carbocycles. The van der Waals surface area contributed by atoms with Gasteiger partial charge in [-0.05, 0) is 113 Å². The average molecular weight is 882 g/mol. The summed E-state index contributed by atoms with van der Waals surface area (Å²) in [5.74, 6) is -7.70. The number of aliphatic hydroxyl groups is 3. The minimum Gasteiger partial charge on any atom is -0.460 e. The Morgan fingerprint density at radius 1 is 0.873 bits per heavy atom. The number of carbonyl (C=O) groups excluding carboxylic acids is 5. The molecule has 3 fully saturated rings. The molecule has 4 aliphatic rings. The lowest BCUT2D eigenvalue weighted by molar-refractivity contribution is -0.265. The summed E-state index contributed by atoms with van der Waals surface area (Å²) in [7, 11) is 1.59. The molecule has 63 heavy (non-hydrogen) atoms. The number of fused-ring (bicyclic) bond motifs is 3. The molecule has 354 valence electrons. The van der Waals surface area contributed by atoms with Gasteiger partial charge in [-0.25, -0.2) is 4.79 Å². The van der Waals surface area contributed by atoms with Gasteiger partial charge in [-0.1, -0.05) is 84.9 Å². The third kappa shape index (κ3) is 13.9. The highest BCUT2D eigenvalue weighted by molar-refractivity contribution is 6.39. The van der Waals surface area contributed by atoms with Crippen LogP contribution in [0, 0.1) is 47.3 Å². The molecule has 1 amide bonds. The number of Topliss-reactive ketones (excluding diaryl/α,β-unsaturated/α-hetero) is 3. The van der Waals surface area contributed by atoms with E-state index in [0.29, 0.717) is 56.9 Å². The summed E-state index contributed by atoms with van der Waals surface area (Å²) in [6, 6.07) is -1.10. The molecule has 3 heterocycles. The fraction of sp³-hybridized carbons (Fsp3) is 0.745. The van der Waals surface area contributed by atoms with Gasteiger partial charge in [0, 0.05) is 50.2 Å². The summed E-state index contributed by atoms with van der Waals surface area (Å²) < 4.78 is 18.3. The molecule has 0 aromatic rings. The Kier molecular flexibility index (Phi) is 19.7. The van der Waals surface area contributed by atoms with E-state index >= 15 is 0 Å². The smallest absolute Gasteiger partial charge is 0.329 e. The van der Waals surface area contributed by atoms with Crippen LogP contribution >= 0.6 is 0 Å². The number of ketones is 3. The Hall–Kier alpha value is -3.29. The molecule has 2 bridgehead atoms. The topological polar surface area (TPSA) is 177 Å². The number of ether oxygens (including phenoxy) is 3. The van der Waals surface area contributed by atoms with Gasteiger partial charge in [0.1, 0.15) is 23.7 Å². The number of piperidine rings is 1. The van der Waals surface area contributed by atoms with E-state index in [9.17, 15) is 39.3 Å². The van der Waals surface area contributed by atoms with Gasteiger partial charge in [0.05, 0.1) is 24.4 Å². The van der Waals surface area contributed by atoms with E-state index in [1.54, 1.807) is 40.9 Å². The normalized spacial score (nSPS) is 41.3. The van der Waals surface area contributed by atoms with Crippen LogP contribution in [0.2, 0.25) is 0 Å². The van der Waals surface area contributed by atoms with Crippen LogP contribution in [0.1, 0.15) is 139 Å². The van der Waals surface area contributed by atoms with Gasteiger partial charge in [0.25, 0.3) is 11.7 Å². The average Bonchev–Trinajstić information content (AvgIpc) is 3.25. The predicted molar refractivity (Wildman–Crippen MR) is 242 cm³/mol. The summed E-state index contributed by atoms with van der Waals surface area (Å²) >= 11 is 0. The summed E-state index contributed by atoms with van der Waals surface area (Å²) in [5, 5.41) is 33.7. The second kappa shape index (κ2) is 23.8. The molecule has 1 saturated carbocycles. The van der Waals surface area contributed by atoms with Gasteiger partial charge >= 0.3 is 5.97 Å². The van der Waals surface area contributed by atoms with Gasteiger partial charge < -0.3 is 34.4 Å². The van der Waals surface area contributed by atoms with Crippen molar-refractivity contribution in [3.8, 4) is 0 Å². The van der Waals surface area contributed by atoms with Gasteiger partial charge in [-0.15, -0.1) is 0 Å². The van der Waals surface area contributed by atoms with Gasteiger partial charge in [-0.3, -0.25) is 19.2 Å². The summed E-state index contributed by atoms with van der Waals surface area (Å²) in [6.07, 6.45) is 14.2. The summed E-state index contributed by atoms with van der Waals surface area (Å²) in [6.45, 7) is 16.8. The number of nitrogens with zero attached hydrogens (tertiary/aromatic N) is 1. The van der Waals surface area contributed by atoms with Crippen LogP contribution < -0.4 is 0 Å². The predicted octanol–water partition coefficient (Wildman–Crippen LogP) is 7.42. The van der Waals surface area contributed by atoms with Crippen LogP contribution in [-0.2, 0) is 38.2 Å². The molecule has 12 heteroatoms. The maximum Gasteiger partial charge on any atom is 0.329 e. The molecule has 0 spiro atoms. The first kappa shape index (κ1) is 52.3. The molecule has 4 rings (SSSR count). The molecule has 3 aliphatic heterocycles. The number of hydrogen-bond acceptors (Lipinski definition) is 11. The van der Waals surface area contributed by atoms with Crippen molar-refractivity contribution in [2.24, 2.45) is 47.3 Å². The molecule has 3 N–H and O–H groups in total. The van der Waals surface area contributed by atoms with E-state index in [4.69, 9.17) is 14.2 Å². The first-order valence-corrected chi connectivity index (χ1v) is 23.8. The zero-order valence-corrected chi connectivity index (χ0v) is 39.8. The second-order valence-electron chi connectivity index (χ2n) is 19.9. The SMILES string of the molecule is CO[C@H]1CC2CC[C@@H](C)[C@@](O)(O2)C(=O)C(=O)N2CCCC[C@H]2C(=O)O[C@H](C(C)C[C@@H]2CC[C@@H](O)[C@H](C)C2)CC(=O)[C@H](C)/C=C(\C)[C@@H](O)[C@@H](C)C(=O)[C@H](C)C[C@H](C)/C=C/C=C/C=C/1C. The highest BCUT2D eigenvalue weighted by atomic mass is 16.6. The number of esters is 1. The van der Waals surface area contributed by atoms with E-state index in [0.717, 1.165) is 18.4 Å². The Morgan fingerprint density at radius 3 is 2.27 bits per heavy atom. The lowest BCUT2D eigenvalue weighted by Gasteiger charge is -2.42. The third-order valence-corrected chi connectivity index (χ3v) is 14.6. The lowest BCUT2D eigenvalue weighted by Crippen LogP contribution is -2.61. The number of allylic oxidation sites excluding steroid dienone is 6.